The lowest BCUT2D eigenvalue weighted by atomic mass is 9.95. The summed E-state index contributed by atoms with van der Waals surface area (Å²) in [6.07, 6.45) is 0. The predicted molar refractivity (Wildman–Crippen MR) is 107 cm³/mol. The van der Waals surface area contributed by atoms with Crippen molar-refractivity contribution in [2.45, 2.75) is 19.4 Å². The molecule has 0 bridgehead atoms. The van der Waals surface area contributed by atoms with Crippen molar-refractivity contribution in [1.82, 2.24) is 0 Å². The van der Waals surface area contributed by atoms with E-state index in [-0.39, 0.29) is 5.56 Å². The highest BCUT2D eigenvalue weighted by Gasteiger charge is 2.36. The zero-order valence-electron chi connectivity index (χ0n) is 15.2. The second-order valence-electron chi connectivity index (χ2n) is 7.31. The Hall–Kier alpha value is -2.68. The summed E-state index contributed by atoms with van der Waals surface area (Å²) in [7, 11) is 0. The Labute approximate surface area is 161 Å². The molecule has 4 rings (SSSR count). The summed E-state index contributed by atoms with van der Waals surface area (Å²) in [5, 5.41) is 18.8. The molecule has 2 aromatic carbocycles. The molecule has 1 aliphatic rings. The maximum absolute atomic E-state index is 14.1. The SMILES string of the molecule is Cc1cc(-c2ccc(C#N)c(F)c2)c(-c2ccc(N3CC(C)(O)C3)cc2)s1. The van der Waals surface area contributed by atoms with Crippen LogP contribution in [-0.2, 0) is 0 Å². The highest BCUT2D eigenvalue weighted by molar-refractivity contribution is 7.16. The minimum atomic E-state index is -0.601. The van der Waals surface area contributed by atoms with Crippen molar-refractivity contribution in [2.75, 3.05) is 18.0 Å². The summed E-state index contributed by atoms with van der Waals surface area (Å²) in [4.78, 5) is 4.37. The molecule has 0 aliphatic carbocycles. The van der Waals surface area contributed by atoms with Crippen LogP contribution in [0.5, 0.6) is 0 Å². The third-order valence-electron chi connectivity index (χ3n) is 4.81. The van der Waals surface area contributed by atoms with Crippen LogP contribution < -0.4 is 4.90 Å². The highest BCUT2D eigenvalue weighted by Crippen LogP contribution is 2.40. The first-order valence-corrected chi connectivity index (χ1v) is 9.56. The standard InChI is InChI=1S/C22H19FN2OS/c1-14-9-19(16-3-4-17(11-24)20(23)10-16)21(27-14)15-5-7-18(8-6-15)25-12-22(2,26)13-25/h3-10,26H,12-13H2,1-2H3. The maximum Gasteiger partial charge on any atom is 0.141 e. The highest BCUT2D eigenvalue weighted by atomic mass is 32.1. The molecule has 2 heterocycles. The quantitative estimate of drug-likeness (QED) is 0.700. The fraction of sp³-hybridized carbons (Fsp3) is 0.227. The minimum Gasteiger partial charge on any atom is -0.386 e. The van der Waals surface area contributed by atoms with Crippen LogP contribution in [0.15, 0.2) is 48.5 Å². The number of rotatable bonds is 3. The van der Waals surface area contributed by atoms with Crippen LogP contribution in [0.4, 0.5) is 10.1 Å². The molecule has 0 spiro atoms. The van der Waals surface area contributed by atoms with Crippen LogP contribution in [0.1, 0.15) is 17.4 Å². The lowest BCUT2D eigenvalue weighted by molar-refractivity contribution is 0.0310. The van der Waals surface area contributed by atoms with Gasteiger partial charge in [0.2, 0.25) is 0 Å². The Kier molecular flexibility index (Phi) is 4.26. The Balaban J connectivity index is 1.67. The molecule has 1 N–H and O–H groups in total. The fourth-order valence-corrected chi connectivity index (χ4v) is 4.54. The van der Waals surface area contributed by atoms with E-state index in [0.717, 1.165) is 32.1 Å². The van der Waals surface area contributed by atoms with E-state index in [1.54, 1.807) is 17.4 Å². The summed E-state index contributed by atoms with van der Waals surface area (Å²) in [5.74, 6) is -0.495. The van der Waals surface area contributed by atoms with Crippen LogP contribution in [0.25, 0.3) is 21.6 Å². The molecule has 1 saturated heterocycles. The first kappa shape index (κ1) is 17.7. The Morgan fingerprint density at radius 2 is 1.78 bits per heavy atom. The monoisotopic (exact) mass is 378 g/mol. The molecule has 1 aliphatic heterocycles. The number of nitriles is 1. The lowest BCUT2D eigenvalue weighted by Crippen LogP contribution is -2.60. The van der Waals surface area contributed by atoms with Crippen molar-refractivity contribution >= 4 is 17.0 Å². The van der Waals surface area contributed by atoms with Crippen LogP contribution in [0.2, 0.25) is 0 Å². The number of hydrogen-bond donors (Lipinski definition) is 1. The smallest absolute Gasteiger partial charge is 0.141 e. The molecule has 0 radical (unpaired) electrons. The lowest BCUT2D eigenvalue weighted by Gasteiger charge is -2.45. The van der Waals surface area contributed by atoms with Gasteiger partial charge in [-0.25, -0.2) is 4.39 Å². The zero-order valence-corrected chi connectivity index (χ0v) is 16.0. The summed E-state index contributed by atoms with van der Waals surface area (Å²) < 4.78 is 14.1. The van der Waals surface area contributed by atoms with Crippen LogP contribution in [0, 0.1) is 24.1 Å². The summed E-state index contributed by atoms with van der Waals surface area (Å²) in [6.45, 7) is 5.16. The Morgan fingerprint density at radius 3 is 2.37 bits per heavy atom. The van der Waals surface area contributed by atoms with E-state index in [0.29, 0.717) is 13.1 Å². The van der Waals surface area contributed by atoms with Crippen LogP contribution in [-0.4, -0.2) is 23.8 Å². The van der Waals surface area contributed by atoms with Gasteiger partial charge in [-0.05, 0) is 55.3 Å². The summed E-state index contributed by atoms with van der Waals surface area (Å²) >= 11 is 1.67. The molecule has 0 saturated carbocycles. The van der Waals surface area contributed by atoms with Gasteiger partial charge < -0.3 is 10.0 Å². The number of nitrogens with zero attached hydrogens (tertiary/aromatic N) is 2. The molecule has 0 unspecified atom stereocenters. The minimum absolute atomic E-state index is 0.0574. The zero-order chi connectivity index (χ0) is 19.2. The molecular weight excluding hydrogens is 359 g/mol. The van der Waals surface area contributed by atoms with Gasteiger partial charge in [-0.1, -0.05) is 18.2 Å². The first-order chi connectivity index (χ1) is 12.9. The summed E-state index contributed by atoms with van der Waals surface area (Å²) in [6, 6.07) is 16.9. The van der Waals surface area contributed by atoms with Crippen LogP contribution >= 0.6 is 11.3 Å². The topological polar surface area (TPSA) is 47.3 Å². The van der Waals surface area contributed by atoms with E-state index >= 15 is 0 Å². The van der Waals surface area contributed by atoms with Gasteiger partial charge in [-0.2, -0.15) is 5.26 Å². The van der Waals surface area contributed by atoms with E-state index in [1.807, 2.05) is 19.9 Å². The van der Waals surface area contributed by atoms with Gasteiger partial charge in [0.1, 0.15) is 11.9 Å². The number of β-amino-alcohol motifs (C(OH)–C–C–N with tert-alkyl or cyclic N) is 1. The van der Waals surface area contributed by atoms with Gasteiger partial charge in [-0.3, -0.25) is 0 Å². The fourth-order valence-electron chi connectivity index (χ4n) is 3.50. The third-order valence-corrected chi connectivity index (χ3v) is 5.91. The van der Waals surface area contributed by atoms with Gasteiger partial charge in [-0.15, -0.1) is 11.3 Å². The average molecular weight is 378 g/mol. The van der Waals surface area contributed by atoms with Crippen molar-refractivity contribution in [2.24, 2.45) is 0 Å². The molecule has 0 atom stereocenters. The number of benzene rings is 2. The summed E-state index contributed by atoms with van der Waals surface area (Å²) in [5.41, 5.74) is 3.36. The second kappa shape index (κ2) is 6.49. The van der Waals surface area contributed by atoms with Crippen molar-refractivity contribution < 1.29 is 9.50 Å². The largest absolute Gasteiger partial charge is 0.386 e. The number of thiophene rings is 1. The van der Waals surface area contributed by atoms with E-state index < -0.39 is 11.4 Å². The van der Waals surface area contributed by atoms with Gasteiger partial charge in [0.15, 0.2) is 0 Å². The number of hydrogen-bond acceptors (Lipinski definition) is 4. The van der Waals surface area contributed by atoms with Crippen molar-refractivity contribution in [3.8, 4) is 27.6 Å². The number of halogens is 1. The molecule has 1 aromatic heterocycles. The van der Waals surface area contributed by atoms with Gasteiger partial charge in [0, 0.05) is 34.1 Å². The molecule has 1 fully saturated rings. The van der Waals surface area contributed by atoms with E-state index in [9.17, 15) is 9.50 Å². The van der Waals surface area contributed by atoms with E-state index in [1.165, 1.54) is 12.1 Å². The maximum atomic E-state index is 14.1. The molecule has 3 nitrogen and oxygen atoms in total. The molecular formula is C22H19FN2OS. The van der Waals surface area contributed by atoms with Crippen molar-refractivity contribution in [3.05, 3.63) is 64.8 Å². The number of anilines is 1. The average Bonchev–Trinajstić information content (AvgIpc) is 3.01. The van der Waals surface area contributed by atoms with Gasteiger partial charge >= 0.3 is 0 Å². The second-order valence-corrected chi connectivity index (χ2v) is 8.56. The molecule has 3 aromatic rings. The van der Waals surface area contributed by atoms with Crippen LogP contribution in [0.3, 0.4) is 0 Å². The third kappa shape index (κ3) is 3.34. The Morgan fingerprint density at radius 1 is 1.11 bits per heavy atom. The van der Waals surface area contributed by atoms with Gasteiger partial charge in [0.25, 0.3) is 0 Å². The van der Waals surface area contributed by atoms with E-state index in [4.69, 9.17) is 5.26 Å². The van der Waals surface area contributed by atoms with E-state index in [2.05, 4.69) is 35.2 Å². The molecule has 136 valence electrons. The first-order valence-electron chi connectivity index (χ1n) is 8.74. The molecule has 5 heteroatoms. The van der Waals surface area contributed by atoms with Gasteiger partial charge in [0.05, 0.1) is 11.2 Å². The van der Waals surface area contributed by atoms with Crippen molar-refractivity contribution in [1.29, 1.82) is 5.26 Å². The number of aryl methyl sites for hydroxylation is 1. The molecule has 0 amide bonds. The normalized spacial score (nSPS) is 15.3. The number of aliphatic hydroxyl groups is 1. The Bertz CT molecular complexity index is 1040. The molecule has 27 heavy (non-hydrogen) atoms. The predicted octanol–water partition coefficient (Wildman–Crippen LogP) is 4.97. The van der Waals surface area contributed by atoms with Crippen molar-refractivity contribution in [3.63, 3.8) is 0 Å².